The minimum atomic E-state index is -1.12. The number of fused-ring (bicyclic) bond motifs is 1. The zero-order chi connectivity index (χ0) is 10.7. The van der Waals surface area contributed by atoms with Gasteiger partial charge in [-0.2, -0.15) is 0 Å². The van der Waals surface area contributed by atoms with Crippen LogP contribution in [0.2, 0.25) is 0 Å². The van der Waals surface area contributed by atoms with Crippen LogP contribution in [0.4, 0.5) is 4.39 Å². The predicted molar refractivity (Wildman–Crippen MR) is 57.1 cm³/mol. The van der Waals surface area contributed by atoms with E-state index in [1.54, 1.807) is 0 Å². The number of hydrogen-bond donors (Lipinski definition) is 1. The van der Waals surface area contributed by atoms with Gasteiger partial charge >= 0.3 is 0 Å². The lowest BCUT2D eigenvalue weighted by atomic mass is 10.2. The fourth-order valence-electron chi connectivity index (χ4n) is 1.42. The molecule has 4 heteroatoms. The molecule has 1 aromatic carbocycles. The van der Waals surface area contributed by atoms with Gasteiger partial charge in [-0.3, -0.25) is 4.98 Å². The van der Waals surface area contributed by atoms with Gasteiger partial charge in [-0.1, -0.05) is 12.1 Å². The summed E-state index contributed by atoms with van der Waals surface area (Å²) in [4.78, 5) is 8.34. The first-order valence-corrected chi connectivity index (χ1v) is 4.87. The first kappa shape index (κ1) is 9.98. The van der Waals surface area contributed by atoms with Crippen LogP contribution in [0.25, 0.3) is 11.0 Å². The molecule has 0 aliphatic rings. The lowest BCUT2D eigenvalue weighted by Gasteiger charge is -2.06. The Morgan fingerprint density at radius 3 is 2.73 bits per heavy atom. The quantitative estimate of drug-likeness (QED) is 0.833. The number of rotatable bonds is 3. The zero-order valence-corrected chi connectivity index (χ0v) is 8.23. The number of aromatic nitrogens is 2. The summed E-state index contributed by atoms with van der Waals surface area (Å²) in [7, 11) is 0. The lowest BCUT2D eigenvalue weighted by molar-refractivity contribution is 0.320. The van der Waals surface area contributed by atoms with Crippen molar-refractivity contribution in [1.82, 2.24) is 9.97 Å². The topological polar surface area (TPSA) is 51.8 Å². The Balaban J connectivity index is 2.38. The van der Waals surface area contributed by atoms with Crippen LogP contribution in [0, 0.1) is 0 Å². The van der Waals surface area contributed by atoms with Crippen molar-refractivity contribution in [2.75, 3.05) is 6.54 Å². The molecule has 0 bridgehead atoms. The number of para-hydroxylation sites is 2. The third-order valence-electron chi connectivity index (χ3n) is 2.21. The highest BCUT2D eigenvalue weighted by molar-refractivity contribution is 5.73. The average molecular weight is 205 g/mol. The van der Waals surface area contributed by atoms with Crippen LogP contribution < -0.4 is 5.73 Å². The number of benzene rings is 1. The predicted octanol–water partition coefficient (Wildman–Crippen LogP) is 1.99. The Kier molecular flexibility index (Phi) is 2.87. The molecule has 0 saturated carbocycles. The third kappa shape index (κ3) is 2.10. The van der Waals surface area contributed by atoms with Gasteiger partial charge < -0.3 is 5.73 Å². The molecular weight excluding hydrogens is 193 g/mol. The molecule has 0 saturated heterocycles. The number of halogens is 1. The van der Waals surface area contributed by atoms with E-state index in [1.807, 2.05) is 24.3 Å². The standard InChI is InChI=1S/C11H12FN3/c12-8(5-6-13)11-7-14-9-3-1-2-4-10(9)15-11/h1-4,7-8H,5-6,13H2. The molecular formula is C11H12FN3. The van der Waals surface area contributed by atoms with Crippen LogP contribution in [-0.2, 0) is 0 Å². The molecule has 0 fully saturated rings. The van der Waals surface area contributed by atoms with E-state index in [9.17, 15) is 4.39 Å². The van der Waals surface area contributed by atoms with Gasteiger partial charge in [0.15, 0.2) is 0 Å². The normalized spacial score (nSPS) is 12.9. The first-order chi connectivity index (χ1) is 7.31. The second kappa shape index (κ2) is 4.31. The van der Waals surface area contributed by atoms with Gasteiger partial charge in [0.05, 0.1) is 22.9 Å². The maximum Gasteiger partial charge on any atom is 0.145 e. The summed E-state index contributed by atoms with van der Waals surface area (Å²) in [6.45, 7) is 0.315. The first-order valence-electron chi connectivity index (χ1n) is 4.87. The van der Waals surface area contributed by atoms with E-state index in [0.29, 0.717) is 12.2 Å². The third-order valence-corrected chi connectivity index (χ3v) is 2.21. The van der Waals surface area contributed by atoms with Gasteiger partial charge in [0.2, 0.25) is 0 Å². The van der Waals surface area contributed by atoms with Crippen molar-refractivity contribution in [2.24, 2.45) is 5.73 Å². The Morgan fingerprint density at radius 1 is 1.27 bits per heavy atom. The number of hydrogen-bond acceptors (Lipinski definition) is 3. The van der Waals surface area contributed by atoms with E-state index in [4.69, 9.17) is 5.73 Å². The molecule has 0 spiro atoms. The summed E-state index contributed by atoms with van der Waals surface area (Å²) in [6.07, 6.45) is 0.641. The summed E-state index contributed by atoms with van der Waals surface area (Å²) >= 11 is 0. The molecule has 0 radical (unpaired) electrons. The van der Waals surface area contributed by atoms with Crippen LogP contribution >= 0.6 is 0 Å². The SMILES string of the molecule is NCCC(F)c1cnc2ccccc2n1. The van der Waals surface area contributed by atoms with Gasteiger partial charge in [-0.25, -0.2) is 9.37 Å². The molecule has 2 aromatic rings. The van der Waals surface area contributed by atoms with Crippen LogP contribution in [-0.4, -0.2) is 16.5 Å². The van der Waals surface area contributed by atoms with E-state index in [1.165, 1.54) is 6.20 Å². The number of nitrogens with two attached hydrogens (primary N) is 1. The average Bonchev–Trinajstić information content (AvgIpc) is 2.29. The van der Waals surface area contributed by atoms with Crippen molar-refractivity contribution in [3.8, 4) is 0 Å². The smallest absolute Gasteiger partial charge is 0.145 e. The highest BCUT2D eigenvalue weighted by Gasteiger charge is 2.11. The van der Waals surface area contributed by atoms with E-state index in [0.717, 1.165) is 11.0 Å². The number of nitrogens with zero attached hydrogens (tertiary/aromatic N) is 2. The van der Waals surface area contributed by atoms with Gasteiger partial charge in [-0.05, 0) is 25.1 Å². The van der Waals surface area contributed by atoms with Crippen LogP contribution in [0.1, 0.15) is 18.3 Å². The van der Waals surface area contributed by atoms with E-state index in [2.05, 4.69) is 9.97 Å². The summed E-state index contributed by atoms with van der Waals surface area (Å²) in [5.41, 5.74) is 7.15. The molecule has 3 nitrogen and oxygen atoms in total. The Hall–Kier alpha value is -1.55. The van der Waals surface area contributed by atoms with Crippen molar-refractivity contribution in [3.63, 3.8) is 0 Å². The van der Waals surface area contributed by atoms with Crippen LogP contribution in [0.5, 0.6) is 0 Å². The molecule has 0 amide bonds. The molecule has 0 aliphatic heterocycles. The van der Waals surface area contributed by atoms with Gasteiger partial charge in [0, 0.05) is 0 Å². The minimum Gasteiger partial charge on any atom is -0.330 e. The van der Waals surface area contributed by atoms with Gasteiger partial charge in [-0.15, -0.1) is 0 Å². The largest absolute Gasteiger partial charge is 0.330 e. The Morgan fingerprint density at radius 2 is 2.00 bits per heavy atom. The van der Waals surface area contributed by atoms with Crippen LogP contribution in [0.3, 0.4) is 0 Å². The van der Waals surface area contributed by atoms with Gasteiger partial charge in [0.1, 0.15) is 6.17 Å². The van der Waals surface area contributed by atoms with Crippen molar-refractivity contribution in [2.45, 2.75) is 12.6 Å². The van der Waals surface area contributed by atoms with E-state index >= 15 is 0 Å². The minimum absolute atomic E-state index is 0.285. The Bertz CT molecular complexity index is 458. The van der Waals surface area contributed by atoms with Crippen LogP contribution in [0.15, 0.2) is 30.5 Å². The second-order valence-corrected chi connectivity index (χ2v) is 3.33. The molecule has 1 unspecified atom stereocenters. The van der Waals surface area contributed by atoms with Crippen molar-refractivity contribution < 1.29 is 4.39 Å². The summed E-state index contributed by atoms with van der Waals surface area (Å²) in [5, 5.41) is 0. The molecule has 2 N–H and O–H groups in total. The number of alkyl halides is 1. The molecule has 2 rings (SSSR count). The highest BCUT2D eigenvalue weighted by atomic mass is 19.1. The second-order valence-electron chi connectivity index (χ2n) is 3.33. The maximum absolute atomic E-state index is 13.5. The van der Waals surface area contributed by atoms with Gasteiger partial charge in [0.25, 0.3) is 0 Å². The highest BCUT2D eigenvalue weighted by Crippen LogP contribution is 2.19. The molecule has 78 valence electrons. The lowest BCUT2D eigenvalue weighted by Crippen LogP contribution is -2.05. The van der Waals surface area contributed by atoms with Crippen molar-refractivity contribution >= 4 is 11.0 Å². The van der Waals surface area contributed by atoms with Crippen molar-refractivity contribution in [1.29, 1.82) is 0 Å². The summed E-state index contributed by atoms with van der Waals surface area (Å²) < 4.78 is 13.5. The fourth-order valence-corrected chi connectivity index (χ4v) is 1.42. The molecule has 1 heterocycles. The molecule has 0 aliphatic carbocycles. The fraction of sp³-hybridized carbons (Fsp3) is 0.273. The van der Waals surface area contributed by atoms with E-state index < -0.39 is 6.17 Å². The van der Waals surface area contributed by atoms with E-state index in [-0.39, 0.29) is 6.42 Å². The molecule has 1 atom stereocenters. The summed E-state index contributed by atoms with van der Waals surface area (Å²) in [6, 6.07) is 7.41. The maximum atomic E-state index is 13.5. The zero-order valence-electron chi connectivity index (χ0n) is 8.23. The monoisotopic (exact) mass is 205 g/mol. The molecule has 1 aromatic heterocycles. The molecule has 15 heavy (non-hydrogen) atoms. The Labute approximate surface area is 87.2 Å². The summed E-state index contributed by atoms with van der Waals surface area (Å²) in [5.74, 6) is 0. The van der Waals surface area contributed by atoms with Crippen molar-refractivity contribution in [3.05, 3.63) is 36.2 Å².